The van der Waals surface area contributed by atoms with E-state index in [4.69, 9.17) is 5.73 Å². The molecule has 0 fully saturated rings. The minimum Gasteiger partial charge on any atom is -0.366 e. The summed E-state index contributed by atoms with van der Waals surface area (Å²) in [6, 6.07) is 7.52. The van der Waals surface area contributed by atoms with Crippen LogP contribution < -0.4 is 11.1 Å². The minimum absolute atomic E-state index is 0.0487. The van der Waals surface area contributed by atoms with Gasteiger partial charge in [-0.1, -0.05) is 6.07 Å². The van der Waals surface area contributed by atoms with Crippen molar-refractivity contribution in [2.75, 3.05) is 5.32 Å². The zero-order valence-electron chi connectivity index (χ0n) is 15.5. The third kappa shape index (κ3) is 4.45. The van der Waals surface area contributed by atoms with E-state index in [0.717, 1.165) is 12.1 Å². The van der Waals surface area contributed by atoms with Gasteiger partial charge in [-0.25, -0.2) is 4.98 Å². The second-order valence-corrected chi connectivity index (χ2v) is 6.54. The number of carbonyl (C=O) groups excluding carboxylic acids is 2. The number of nitrogens with zero attached hydrogens (tertiary/aromatic N) is 2. The highest BCUT2D eigenvalue weighted by molar-refractivity contribution is 6.06. The smallest absolute Gasteiger partial charge is 0.366 e. The third-order valence-electron chi connectivity index (χ3n) is 4.28. The zero-order chi connectivity index (χ0) is 21.3. The van der Waals surface area contributed by atoms with Crippen LogP contribution in [0.4, 0.5) is 18.9 Å². The molecule has 3 aromatic rings. The van der Waals surface area contributed by atoms with Gasteiger partial charge in [-0.05, 0) is 49.7 Å². The summed E-state index contributed by atoms with van der Waals surface area (Å²) in [6.45, 7) is 3.37. The SMILES string of the molecule is Cc1cn(-c2cc(NC(=O)c3ccc(C)c(C(N)=O)c3)cc(C(F)(F)F)c2)cn1. The van der Waals surface area contributed by atoms with Crippen LogP contribution in [0.3, 0.4) is 0 Å². The molecule has 0 saturated carbocycles. The first kappa shape index (κ1) is 20.1. The highest BCUT2D eigenvalue weighted by Gasteiger charge is 2.31. The Morgan fingerprint density at radius 3 is 2.41 bits per heavy atom. The van der Waals surface area contributed by atoms with Gasteiger partial charge in [0, 0.05) is 28.7 Å². The first-order chi connectivity index (χ1) is 13.5. The van der Waals surface area contributed by atoms with E-state index < -0.39 is 23.6 Å². The van der Waals surface area contributed by atoms with Gasteiger partial charge in [0.25, 0.3) is 5.91 Å². The van der Waals surface area contributed by atoms with E-state index in [1.165, 1.54) is 29.1 Å². The van der Waals surface area contributed by atoms with Crippen LogP contribution in [0.5, 0.6) is 0 Å². The molecule has 0 saturated heterocycles. The van der Waals surface area contributed by atoms with Gasteiger partial charge < -0.3 is 15.6 Å². The Labute approximate surface area is 164 Å². The lowest BCUT2D eigenvalue weighted by Gasteiger charge is -2.14. The van der Waals surface area contributed by atoms with Crippen molar-refractivity contribution in [2.45, 2.75) is 20.0 Å². The standard InChI is InChI=1S/C20H17F3N4O2/c1-11-3-4-13(5-17(11)18(24)28)19(29)26-15-6-14(20(21,22)23)7-16(8-15)27-9-12(2)25-10-27/h3-10H,1-2H3,(H2,24,28)(H,26,29). The van der Waals surface area contributed by atoms with E-state index in [2.05, 4.69) is 10.3 Å². The van der Waals surface area contributed by atoms with Crippen LogP contribution >= 0.6 is 0 Å². The predicted molar refractivity (Wildman–Crippen MR) is 101 cm³/mol. The first-order valence-electron chi connectivity index (χ1n) is 8.49. The topological polar surface area (TPSA) is 90.0 Å². The van der Waals surface area contributed by atoms with Gasteiger partial charge in [0.2, 0.25) is 5.91 Å². The number of carbonyl (C=O) groups is 2. The number of rotatable bonds is 4. The molecular weight excluding hydrogens is 385 g/mol. The summed E-state index contributed by atoms with van der Waals surface area (Å²) in [6.07, 6.45) is -1.65. The number of halogens is 3. The summed E-state index contributed by atoms with van der Waals surface area (Å²) in [7, 11) is 0. The maximum absolute atomic E-state index is 13.3. The van der Waals surface area contributed by atoms with E-state index in [-0.39, 0.29) is 22.5 Å². The van der Waals surface area contributed by atoms with Crippen molar-refractivity contribution in [3.05, 3.63) is 76.9 Å². The van der Waals surface area contributed by atoms with Crippen LogP contribution in [-0.2, 0) is 6.18 Å². The van der Waals surface area contributed by atoms with Gasteiger partial charge in [0.05, 0.1) is 17.6 Å². The maximum atomic E-state index is 13.3. The van der Waals surface area contributed by atoms with E-state index in [9.17, 15) is 22.8 Å². The lowest BCUT2D eigenvalue weighted by Crippen LogP contribution is -2.17. The summed E-state index contributed by atoms with van der Waals surface area (Å²) in [5.41, 5.74) is 5.99. The number of hydrogen-bond donors (Lipinski definition) is 2. The fourth-order valence-corrected chi connectivity index (χ4v) is 2.79. The van der Waals surface area contributed by atoms with Crippen molar-refractivity contribution >= 4 is 17.5 Å². The number of imidazole rings is 1. The number of hydrogen-bond acceptors (Lipinski definition) is 3. The third-order valence-corrected chi connectivity index (χ3v) is 4.28. The Kier molecular flexibility index (Phi) is 5.15. The van der Waals surface area contributed by atoms with Gasteiger partial charge >= 0.3 is 6.18 Å². The van der Waals surface area contributed by atoms with Crippen molar-refractivity contribution in [1.29, 1.82) is 0 Å². The average molecular weight is 402 g/mol. The molecule has 3 N–H and O–H groups in total. The van der Waals surface area contributed by atoms with E-state index in [1.807, 2.05) is 0 Å². The molecule has 0 radical (unpaired) electrons. The second-order valence-electron chi connectivity index (χ2n) is 6.54. The quantitative estimate of drug-likeness (QED) is 0.694. The van der Waals surface area contributed by atoms with E-state index in [0.29, 0.717) is 11.3 Å². The molecule has 2 amide bonds. The fourth-order valence-electron chi connectivity index (χ4n) is 2.79. The molecule has 0 unspecified atom stereocenters. The molecule has 0 bridgehead atoms. The number of aromatic nitrogens is 2. The number of nitrogens with two attached hydrogens (primary N) is 1. The van der Waals surface area contributed by atoms with E-state index in [1.54, 1.807) is 26.1 Å². The molecule has 0 aliphatic heterocycles. The summed E-state index contributed by atoms with van der Waals surface area (Å²) in [5, 5.41) is 2.45. The molecule has 2 aromatic carbocycles. The highest BCUT2D eigenvalue weighted by Crippen LogP contribution is 2.33. The molecule has 6 nitrogen and oxygen atoms in total. The highest BCUT2D eigenvalue weighted by atomic mass is 19.4. The minimum atomic E-state index is -4.60. The van der Waals surface area contributed by atoms with Crippen LogP contribution in [0.1, 0.15) is 37.5 Å². The Morgan fingerprint density at radius 2 is 1.83 bits per heavy atom. The molecule has 150 valence electrons. The fraction of sp³-hybridized carbons (Fsp3) is 0.150. The van der Waals surface area contributed by atoms with Gasteiger partial charge in [0.1, 0.15) is 0 Å². The molecule has 3 rings (SSSR count). The number of nitrogens with one attached hydrogen (secondary N) is 1. The summed E-state index contributed by atoms with van der Waals surface area (Å²) < 4.78 is 41.4. The van der Waals surface area contributed by atoms with Crippen LogP contribution in [0, 0.1) is 13.8 Å². The van der Waals surface area contributed by atoms with E-state index >= 15 is 0 Å². The summed E-state index contributed by atoms with van der Waals surface area (Å²) in [4.78, 5) is 28.0. The van der Waals surface area contributed by atoms with Gasteiger partial charge in [-0.3, -0.25) is 9.59 Å². The molecule has 9 heteroatoms. The van der Waals surface area contributed by atoms with Crippen molar-refractivity contribution in [3.63, 3.8) is 0 Å². The molecular formula is C20H17F3N4O2. The lowest BCUT2D eigenvalue weighted by atomic mass is 10.0. The number of aryl methyl sites for hydroxylation is 2. The Hall–Kier alpha value is -3.62. The van der Waals surface area contributed by atoms with Gasteiger partial charge in [0.15, 0.2) is 0 Å². The number of benzene rings is 2. The summed E-state index contributed by atoms with van der Waals surface area (Å²) in [5.74, 6) is -1.37. The Bertz CT molecular complexity index is 1100. The normalized spacial score (nSPS) is 11.3. The summed E-state index contributed by atoms with van der Waals surface area (Å²) >= 11 is 0. The zero-order valence-corrected chi connectivity index (χ0v) is 15.5. The largest absolute Gasteiger partial charge is 0.416 e. The average Bonchev–Trinajstić information content (AvgIpc) is 3.07. The van der Waals surface area contributed by atoms with Crippen molar-refractivity contribution < 1.29 is 22.8 Å². The number of primary amides is 1. The van der Waals surface area contributed by atoms with Gasteiger partial charge in [-0.15, -0.1) is 0 Å². The molecule has 0 aliphatic carbocycles. The molecule has 0 aliphatic rings. The molecule has 0 spiro atoms. The maximum Gasteiger partial charge on any atom is 0.416 e. The van der Waals surface area contributed by atoms with Crippen LogP contribution in [0.15, 0.2) is 48.9 Å². The molecule has 1 heterocycles. The Morgan fingerprint density at radius 1 is 1.10 bits per heavy atom. The lowest BCUT2D eigenvalue weighted by molar-refractivity contribution is -0.137. The van der Waals surface area contributed by atoms with Crippen LogP contribution in [-0.4, -0.2) is 21.4 Å². The number of alkyl halides is 3. The van der Waals surface area contributed by atoms with Gasteiger partial charge in [-0.2, -0.15) is 13.2 Å². The monoisotopic (exact) mass is 402 g/mol. The molecule has 1 aromatic heterocycles. The van der Waals surface area contributed by atoms with Crippen molar-refractivity contribution in [2.24, 2.45) is 5.73 Å². The van der Waals surface area contributed by atoms with Crippen molar-refractivity contribution in [3.8, 4) is 5.69 Å². The predicted octanol–water partition coefficient (Wildman–Crippen LogP) is 3.86. The number of anilines is 1. The van der Waals surface area contributed by atoms with Crippen LogP contribution in [0.2, 0.25) is 0 Å². The number of amides is 2. The first-order valence-corrected chi connectivity index (χ1v) is 8.49. The molecule has 29 heavy (non-hydrogen) atoms. The molecule has 0 atom stereocenters. The second kappa shape index (κ2) is 7.42. The Balaban J connectivity index is 1.99. The van der Waals surface area contributed by atoms with Crippen molar-refractivity contribution in [1.82, 2.24) is 9.55 Å². The van der Waals surface area contributed by atoms with Crippen LogP contribution in [0.25, 0.3) is 5.69 Å².